The molecule has 1 saturated heterocycles. The number of nitrogens with two attached hydrogens (primary N) is 1. The van der Waals surface area contributed by atoms with E-state index in [4.69, 9.17) is 10.8 Å². The predicted molar refractivity (Wildman–Crippen MR) is 61.8 cm³/mol. The summed E-state index contributed by atoms with van der Waals surface area (Å²) in [6.45, 7) is 0.258. The van der Waals surface area contributed by atoms with Gasteiger partial charge >= 0.3 is 12.3 Å². The Bertz CT molecular complexity index is 490. The molecule has 1 heterocycles. The number of hydrogen-bond acceptors (Lipinski definition) is 2. The molecule has 2 unspecified atom stereocenters. The molecule has 19 heavy (non-hydrogen) atoms. The third-order valence-electron chi connectivity index (χ3n) is 3.28. The van der Waals surface area contributed by atoms with E-state index in [0.717, 1.165) is 17.0 Å². The Labute approximate surface area is 107 Å². The van der Waals surface area contributed by atoms with Crippen molar-refractivity contribution < 1.29 is 23.1 Å². The molecule has 2 atom stereocenters. The van der Waals surface area contributed by atoms with Crippen LogP contribution in [-0.4, -0.2) is 35.2 Å². The van der Waals surface area contributed by atoms with E-state index in [1.807, 2.05) is 0 Å². The van der Waals surface area contributed by atoms with Crippen molar-refractivity contribution in [1.29, 1.82) is 0 Å². The Morgan fingerprint density at radius 2 is 2.05 bits per heavy atom. The van der Waals surface area contributed by atoms with E-state index in [1.54, 1.807) is 6.07 Å². The van der Waals surface area contributed by atoms with E-state index < -0.39 is 29.8 Å². The van der Waals surface area contributed by atoms with Crippen molar-refractivity contribution >= 4 is 6.09 Å². The Hall–Kier alpha value is -1.76. The number of hydrogen-bond donors (Lipinski definition) is 2. The molecule has 1 aliphatic heterocycles. The van der Waals surface area contributed by atoms with Crippen LogP contribution in [0.25, 0.3) is 0 Å². The van der Waals surface area contributed by atoms with Gasteiger partial charge in [0.25, 0.3) is 0 Å². The van der Waals surface area contributed by atoms with E-state index in [2.05, 4.69) is 0 Å². The van der Waals surface area contributed by atoms with Crippen molar-refractivity contribution in [3.63, 3.8) is 0 Å². The van der Waals surface area contributed by atoms with Crippen molar-refractivity contribution in [1.82, 2.24) is 4.90 Å². The molecule has 104 valence electrons. The van der Waals surface area contributed by atoms with Crippen molar-refractivity contribution in [2.24, 2.45) is 5.73 Å². The molecular formula is C12H13F3N2O2. The van der Waals surface area contributed by atoms with Crippen LogP contribution >= 0.6 is 0 Å². The number of nitrogens with zero attached hydrogens (tertiary/aromatic N) is 1. The molecule has 1 aliphatic rings. The first-order valence-electron chi connectivity index (χ1n) is 5.69. The molecule has 0 radical (unpaired) electrons. The Morgan fingerprint density at radius 3 is 2.58 bits per heavy atom. The van der Waals surface area contributed by atoms with E-state index in [-0.39, 0.29) is 13.1 Å². The van der Waals surface area contributed by atoms with Crippen LogP contribution in [0.1, 0.15) is 17.0 Å². The quantitative estimate of drug-likeness (QED) is 0.824. The lowest BCUT2D eigenvalue weighted by Crippen LogP contribution is -2.31. The van der Waals surface area contributed by atoms with Crippen LogP contribution in [0.15, 0.2) is 24.3 Å². The number of alkyl halides is 3. The number of amides is 1. The Kier molecular flexibility index (Phi) is 3.40. The lowest BCUT2D eigenvalue weighted by molar-refractivity contribution is -0.137. The van der Waals surface area contributed by atoms with Gasteiger partial charge in [0.15, 0.2) is 0 Å². The minimum atomic E-state index is -4.41. The second kappa shape index (κ2) is 4.73. The minimum Gasteiger partial charge on any atom is -0.465 e. The molecule has 3 N–H and O–H groups in total. The summed E-state index contributed by atoms with van der Waals surface area (Å²) in [5, 5.41) is 8.87. The van der Waals surface area contributed by atoms with E-state index in [1.165, 1.54) is 6.07 Å². The lowest BCUT2D eigenvalue weighted by Gasteiger charge is -2.16. The summed E-state index contributed by atoms with van der Waals surface area (Å²) < 4.78 is 37.9. The average Bonchev–Trinajstić information content (AvgIpc) is 2.71. The van der Waals surface area contributed by atoms with Gasteiger partial charge in [-0.1, -0.05) is 18.2 Å². The van der Waals surface area contributed by atoms with Crippen LogP contribution in [0.4, 0.5) is 18.0 Å². The summed E-state index contributed by atoms with van der Waals surface area (Å²) >= 11 is 0. The second-order valence-electron chi connectivity index (χ2n) is 4.58. The van der Waals surface area contributed by atoms with Gasteiger partial charge in [-0.05, 0) is 11.6 Å². The van der Waals surface area contributed by atoms with Crippen molar-refractivity contribution in [2.75, 3.05) is 13.1 Å². The highest BCUT2D eigenvalue weighted by Crippen LogP contribution is 2.33. The van der Waals surface area contributed by atoms with E-state index >= 15 is 0 Å². The summed E-state index contributed by atoms with van der Waals surface area (Å²) in [5.41, 5.74) is 5.49. The first kappa shape index (κ1) is 13.7. The maximum atomic E-state index is 12.6. The molecule has 2 rings (SSSR count). The number of halogens is 3. The summed E-state index contributed by atoms with van der Waals surface area (Å²) in [4.78, 5) is 12.0. The number of carboxylic acid groups (broad SMARTS) is 1. The molecule has 7 heteroatoms. The number of carbonyl (C=O) groups is 1. The zero-order valence-corrected chi connectivity index (χ0v) is 9.89. The largest absolute Gasteiger partial charge is 0.465 e. The van der Waals surface area contributed by atoms with E-state index in [0.29, 0.717) is 5.56 Å². The van der Waals surface area contributed by atoms with Gasteiger partial charge in [-0.25, -0.2) is 4.79 Å². The monoisotopic (exact) mass is 274 g/mol. The number of likely N-dealkylation sites (tertiary alicyclic amines) is 1. The molecule has 4 nitrogen and oxygen atoms in total. The molecular weight excluding hydrogens is 261 g/mol. The average molecular weight is 274 g/mol. The third-order valence-corrected chi connectivity index (χ3v) is 3.28. The summed E-state index contributed by atoms with van der Waals surface area (Å²) in [7, 11) is 0. The fourth-order valence-corrected chi connectivity index (χ4v) is 2.28. The highest BCUT2D eigenvalue weighted by atomic mass is 19.4. The molecule has 1 aromatic rings. The minimum absolute atomic E-state index is 0.123. The maximum Gasteiger partial charge on any atom is 0.416 e. The maximum absolute atomic E-state index is 12.6. The first-order valence-corrected chi connectivity index (χ1v) is 5.69. The molecule has 0 spiro atoms. The lowest BCUT2D eigenvalue weighted by atomic mass is 9.93. The topological polar surface area (TPSA) is 66.6 Å². The van der Waals surface area contributed by atoms with Crippen LogP contribution < -0.4 is 5.73 Å². The van der Waals surface area contributed by atoms with Gasteiger partial charge in [0, 0.05) is 25.0 Å². The molecule has 1 aromatic carbocycles. The first-order chi connectivity index (χ1) is 8.79. The zero-order chi connectivity index (χ0) is 14.2. The molecule has 0 saturated carbocycles. The second-order valence-corrected chi connectivity index (χ2v) is 4.58. The van der Waals surface area contributed by atoms with Gasteiger partial charge in [-0.3, -0.25) is 0 Å². The van der Waals surface area contributed by atoms with Gasteiger partial charge < -0.3 is 15.7 Å². The summed E-state index contributed by atoms with van der Waals surface area (Å²) in [5.74, 6) is -0.404. The van der Waals surface area contributed by atoms with Gasteiger partial charge in [0.1, 0.15) is 0 Å². The fourth-order valence-electron chi connectivity index (χ4n) is 2.28. The predicted octanol–water partition coefficient (Wildman–Crippen LogP) is 2.11. The summed E-state index contributed by atoms with van der Waals surface area (Å²) in [6, 6.07) is 4.40. The third kappa shape index (κ3) is 2.81. The van der Waals surface area contributed by atoms with Crippen LogP contribution in [-0.2, 0) is 6.18 Å². The molecule has 1 amide bonds. The molecule has 0 bridgehead atoms. The SMILES string of the molecule is NC1CN(C(=O)O)CC1c1cccc(C(F)(F)F)c1. The zero-order valence-electron chi connectivity index (χ0n) is 9.89. The Morgan fingerprint density at radius 1 is 1.37 bits per heavy atom. The highest BCUT2D eigenvalue weighted by molar-refractivity contribution is 5.65. The molecule has 0 aliphatic carbocycles. The van der Waals surface area contributed by atoms with Crippen molar-refractivity contribution in [2.45, 2.75) is 18.1 Å². The van der Waals surface area contributed by atoms with Gasteiger partial charge in [0.2, 0.25) is 0 Å². The van der Waals surface area contributed by atoms with Crippen LogP contribution in [0.3, 0.4) is 0 Å². The van der Waals surface area contributed by atoms with Gasteiger partial charge in [0.05, 0.1) is 5.56 Å². The number of benzene rings is 1. The summed E-state index contributed by atoms with van der Waals surface area (Å²) in [6.07, 6.45) is -5.52. The van der Waals surface area contributed by atoms with Crippen molar-refractivity contribution in [3.05, 3.63) is 35.4 Å². The van der Waals surface area contributed by atoms with Crippen molar-refractivity contribution in [3.8, 4) is 0 Å². The smallest absolute Gasteiger partial charge is 0.416 e. The highest BCUT2D eigenvalue weighted by Gasteiger charge is 2.36. The molecule has 0 aromatic heterocycles. The van der Waals surface area contributed by atoms with Crippen LogP contribution in [0.2, 0.25) is 0 Å². The Balaban J connectivity index is 2.25. The van der Waals surface area contributed by atoms with Gasteiger partial charge in [-0.15, -0.1) is 0 Å². The van der Waals surface area contributed by atoms with Crippen LogP contribution in [0.5, 0.6) is 0 Å². The number of rotatable bonds is 1. The van der Waals surface area contributed by atoms with Gasteiger partial charge in [-0.2, -0.15) is 13.2 Å². The molecule has 1 fully saturated rings. The normalized spacial score (nSPS) is 23.7. The van der Waals surface area contributed by atoms with Crippen LogP contribution in [0, 0.1) is 0 Å². The van der Waals surface area contributed by atoms with E-state index in [9.17, 15) is 18.0 Å². The standard InChI is InChI=1S/C12H13F3N2O2/c13-12(14,15)8-3-1-2-7(4-8)9-5-17(11(18)19)6-10(9)16/h1-4,9-10H,5-6,16H2,(H,18,19). The fraction of sp³-hybridized carbons (Fsp3) is 0.417.